The van der Waals surface area contributed by atoms with Gasteiger partial charge in [-0.15, -0.1) is 26.3 Å². The maximum Gasteiger partial charge on any atom is 0.573 e. The van der Waals surface area contributed by atoms with Crippen molar-refractivity contribution in [3.63, 3.8) is 0 Å². The van der Waals surface area contributed by atoms with E-state index in [1.165, 1.54) is 24.3 Å². The first-order chi connectivity index (χ1) is 10.1. The lowest BCUT2D eigenvalue weighted by atomic mass is 10.1. The molecule has 0 atom stereocenters. The molecule has 0 aliphatic heterocycles. The third-order valence-electron chi connectivity index (χ3n) is 2.49. The largest absolute Gasteiger partial charge is 0.573 e. The van der Waals surface area contributed by atoms with E-state index in [1.807, 2.05) is 0 Å². The van der Waals surface area contributed by atoms with Crippen molar-refractivity contribution in [2.75, 3.05) is 0 Å². The third-order valence-corrected chi connectivity index (χ3v) is 2.49. The predicted octanol–water partition coefficient (Wildman–Crippen LogP) is 5.15. The molecule has 0 aliphatic carbocycles. The van der Waals surface area contributed by atoms with Gasteiger partial charge in [0.05, 0.1) is 0 Å². The van der Waals surface area contributed by atoms with E-state index in [0.717, 1.165) is 24.3 Å². The summed E-state index contributed by atoms with van der Waals surface area (Å²) < 4.78 is 80.0. The molecule has 2 aromatic rings. The van der Waals surface area contributed by atoms with Crippen molar-refractivity contribution in [1.82, 2.24) is 0 Å². The van der Waals surface area contributed by atoms with Gasteiger partial charge >= 0.3 is 12.7 Å². The average Bonchev–Trinajstić information content (AvgIpc) is 2.36. The fourth-order valence-electron chi connectivity index (χ4n) is 1.72. The van der Waals surface area contributed by atoms with Gasteiger partial charge in [-0.1, -0.05) is 24.3 Å². The maximum atomic E-state index is 12.1. The molecule has 118 valence electrons. The van der Waals surface area contributed by atoms with Crippen LogP contribution in [0, 0.1) is 0 Å². The fraction of sp³-hybridized carbons (Fsp3) is 0.143. The Morgan fingerprint density at radius 1 is 0.591 bits per heavy atom. The Bertz CT molecular complexity index is 631. The Morgan fingerprint density at radius 2 is 1.14 bits per heavy atom. The first kappa shape index (κ1) is 16.0. The summed E-state index contributed by atoms with van der Waals surface area (Å²) >= 11 is 0. The van der Waals surface area contributed by atoms with Gasteiger partial charge in [-0.05, 0) is 35.4 Å². The zero-order chi connectivity index (χ0) is 16.4. The smallest absolute Gasteiger partial charge is 0.406 e. The highest BCUT2D eigenvalue weighted by Gasteiger charge is 2.31. The standard InChI is InChI=1S/C14H8F6O2/c15-13(16,17)21-11-6-4-9(5-7-11)10-2-1-3-12(8-10)22-14(18,19)20/h1-8H. The van der Waals surface area contributed by atoms with E-state index in [1.54, 1.807) is 0 Å². The van der Waals surface area contributed by atoms with Gasteiger partial charge in [0, 0.05) is 0 Å². The van der Waals surface area contributed by atoms with Crippen LogP contribution in [0.25, 0.3) is 11.1 Å². The minimum absolute atomic E-state index is 0.361. The maximum absolute atomic E-state index is 12.1. The Balaban J connectivity index is 2.20. The number of alkyl halides is 6. The average molecular weight is 322 g/mol. The zero-order valence-electron chi connectivity index (χ0n) is 10.7. The van der Waals surface area contributed by atoms with Crippen LogP contribution in [0.5, 0.6) is 11.5 Å². The molecule has 0 radical (unpaired) electrons. The van der Waals surface area contributed by atoms with E-state index >= 15 is 0 Å². The molecule has 2 aromatic carbocycles. The monoisotopic (exact) mass is 322 g/mol. The Labute approximate surface area is 120 Å². The Hall–Kier alpha value is -2.38. The van der Waals surface area contributed by atoms with Gasteiger partial charge in [0.15, 0.2) is 0 Å². The highest BCUT2D eigenvalue weighted by molar-refractivity contribution is 5.65. The second-order valence-corrected chi connectivity index (χ2v) is 4.15. The highest BCUT2D eigenvalue weighted by atomic mass is 19.4. The van der Waals surface area contributed by atoms with Crippen molar-refractivity contribution in [2.24, 2.45) is 0 Å². The topological polar surface area (TPSA) is 18.5 Å². The van der Waals surface area contributed by atoms with Gasteiger partial charge in [-0.25, -0.2) is 0 Å². The van der Waals surface area contributed by atoms with E-state index in [0.29, 0.717) is 11.1 Å². The number of benzene rings is 2. The number of hydrogen-bond acceptors (Lipinski definition) is 2. The van der Waals surface area contributed by atoms with Crippen LogP contribution >= 0.6 is 0 Å². The lowest BCUT2D eigenvalue weighted by molar-refractivity contribution is -0.275. The van der Waals surface area contributed by atoms with Crippen molar-refractivity contribution in [3.05, 3.63) is 48.5 Å². The molecule has 8 heteroatoms. The first-order valence-electron chi connectivity index (χ1n) is 5.84. The molecule has 0 saturated heterocycles. The van der Waals surface area contributed by atoms with E-state index in [-0.39, 0.29) is 0 Å². The fourth-order valence-corrected chi connectivity index (χ4v) is 1.72. The number of halogens is 6. The van der Waals surface area contributed by atoms with Gasteiger partial charge in [0.2, 0.25) is 0 Å². The minimum atomic E-state index is -4.82. The molecule has 0 spiro atoms. The molecule has 0 aliphatic rings. The predicted molar refractivity (Wildman–Crippen MR) is 65.2 cm³/mol. The quantitative estimate of drug-likeness (QED) is 0.728. The van der Waals surface area contributed by atoms with Gasteiger partial charge in [-0.3, -0.25) is 0 Å². The second kappa shape index (κ2) is 5.78. The Kier molecular flexibility index (Phi) is 4.20. The Morgan fingerprint density at radius 3 is 1.68 bits per heavy atom. The summed E-state index contributed by atoms with van der Waals surface area (Å²) in [6, 6.07) is 9.84. The normalized spacial score (nSPS) is 12.1. The molecule has 0 amide bonds. The van der Waals surface area contributed by atoms with Gasteiger partial charge in [0.1, 0.15) is 11.5 Å². The molecule has 2 rings (SSSR count). The van der Waals surface area contributed by atoms with Gasteiger partial charge in [0.25, 0.3) is 0 Å². The summed E-state index contributed by atoms with van der Waals surface area (Å²) in [5, 5.41) is 0. The van der Waals surface area contributed by atoms with Crippen LogP contribution in [-0.2, 0) is 0 Å². The van der Waals surface area contributed by atoms with Crippen molar-refractivity contribution in [1.29, 1.82) is 0 Å². The van der Waals surface area contributed by atoms with Crippen molar-refractivity contribution in [2.45, 2.75) is 12.7 Å². The second-order valence-electron chi connectivity index (χ2n) is 4.15. The van der Waals surface area contributed by atoms with Crippen molar-refractivity contribution >= 4 is 0 Å². The number of ether oxygens (including phenoxy) is 2. The number of rotatable bonds is 3. The first-order valence-corrected chi connectivity index (χ1v) is 5.84. The zero-order valence-corrected chi connectivity index (χ0v) is 10.7. The molecule has 0 unspecified atom stereocenters. The SMILES string of the molecule is FC(F)(F)Oc1ccc(-c2cccc(OC(F)(F)F)c2)cc1. The molecule has 22 heavy (non-hydrogen) atoms. The molecule has 0 fully saturated rings. The molecule has 0 N–H and O–H groups in total. The summed E-state index contributed by atoms with van der Waals surface area (Å²) in [6.07, 6.45) is -9.62. The molecule has 0 heterocycles. The van der Waals surface area contributed by atoms with Crippen LogP contribution in [0.2, 0.25) is 0 Å². The van der Waals surface area contributed by atoms with Crippen LogP contribution in [-0.4, -0.2) is 12.7 Å². The van der Waals surface area contributed by atoms with E-state index < -0.39 is 24.2 Å². The molecule has 2 nitrogen and oxygen atoms in total. The van der Waals surface area contributed by atoms with Gasteiger partial charge < -0.3 is 9.47 Å². The summed E-state index contributed by atoms with van der Waals surface area (Å²) in [7, 11) is 0. The third kappa shape index (κ3) is 4.87. The summed E-state index contributed by atoms with van der Waals surface area (Å²) in [5.74, 6) is -0.834. The van der Waals surface area contributed by atoms with Crippen LogP contribution < -0.4 is 9.47 Å². The molecule has 0 saturated carbocycles. The van der Waals surface area contributed by atoms with E-state index in [2.05, 4.69) is 9.47 Å². The minimum Gasteiger partial charge on any atom is -0.406 e. The molecular formula is C14H8F6O2. The van der Waals surface area contributed by atoms with Crippen LogP contribution in [0.3, 0.4) is 0 Å². The van der Waals surface area contributed by atoms with Crippen molar-refractivity contribution < 1.29 is 35.8 Å². The number of hydrogen-bond donors (Lipinski definition) is 0. The van der Waals surface area contributed by atoms with E-state index in [9.17, 15) is 26.3 Å². The molecule has 0 aromatic heterocycles. The van der Waals surface area contributed by atoms with Crippen LogP contribution in [0.15, 0.2) is 48.5 Å². The summed E-state index contributed by atoms with van der Waals surface area (Å²) in [4.78, 5) is 0. The van der Waals surface area contributed by atoms with Crippen LogP contribution in [0.4, 0.5) is 26.3 Å². The van der Waals surface area contributed by atoms with Gasteiger partial charge in [-0.2, -0.15) is 0 Å². The van der Waals surface area contributed by atoms with E-state index in [4.69, 9.17) is 0 Å². The highest BCUT2D eigenvalue weighted by Crippen LogP contribution is 2.30. The summed E-state index contributed by atoms with van der Waals surface area (Å²) in [6.45, 7) is 0. The van der Waals surface area contributed by atoms with Crippen LogP contribution in [0.1, 0.15) is 0 Å². The molecular weight excluding hydrogens is 314 g/mol. The summed E-state index contributed by atoms with van der Waals surface area (Å²) in [5.41, 5.74) is 0.780. The van der Waals surface area contributed by atoms with Crippen molar-refractivity contribution in [3.8, 4) is 22.6 Å². The lowest BCUT2D eigenvalue weighted by Crippen LogP contribution is -2.17. The molecule has 0 bridgehead atoms. The lowest BCUT2D eigenvalue weighted by Gasteiger charge is -2.11.